The highest BCUT2D eigenvalue weighted by molar-refractivity contribution is 7.71. The van der Waals surface area contributed by atoms with Crippen LogP contribution in [0.25, 0.3) is 0 Å². The standard InChI is InChI=1S/C8H11N5OS/c1-5-10-11-8(15)13(5)4-3-7-9-6(2)14-12-7/h3-4H2,1-2H3,(H,11,15). The molecular formula is C8H11N5OS. The molecule has 2 aromatic rings. The molecule has 0 aromatic carbocycles. The van der Waals surface area contributed by atoms with E-state index in [1.165, 1.54) is 0 Å². The van der Waals surface area contributed by atoms with Crippen LogP contribution in [0.4, 0.5) is 0 Å². The van der Waals surface area contributed by atoms with Gasteiger partial charge in [-0.3, -0.25) is 5.10 Å². The summed E-state index contributed by atoms with van der Waals surface area (Å²) in [6.45, 7) is 4.37. The Labute approximate surface area is 91.3 Å². The largest absolute Gasteiger partial charge is 0.340 e. The number of aromatic nitrogens is 5. The zero-order valence-corrected chi connectivity index (χ0v) is 9.34. The Balaban J connectivity index is 2.08. The Hall–Kier alpha value is -1.50. The first-order valence-electron chi connectivity index (χ1n) is 4.58. The topological polar surface area (TPSA) is 72.5 Å². The van der Waals surface area contributed by atoms with Crippen molar-refractivity contribution in [2.45, 2.75) is 26.8 Å². The predicted molar refractivity (Wildman–Crippen MR) is 54.9 cm³/mol. The molecule has 0 aliphatic heterocycles. The molecule has 2 rings (SSSR count). The average molecular weight is 225 g/mol. The van der Waals surface area contributed by atoms with Crippen molar-refractivity contribution in [2.75, 3.05) is 0 Å². The van der Waals surface area contributed by atoms with E-state index in [9.17, 15) is 0 Å². The second kappa shape index (κ2) is 3.93. The molecule has 6 nitrogen and oxygen atoms in total. The van der Waals surface area contributed by atoms with Crippen LogP contribution in [0.3, 0.4) is 0 Å². The first-order chi connectivity index (χ1) is 7.16. The van der Waals surface area contributed by atoms with Crippen molar-refractivity contribution < 1.29 is 4.52 Å². The highest BCUT2D eigenvalue weighted by Crippen LogP contribution is 2.01. The number of nitrogens with zero attached hydrogens (tertiary/aromatic N) is 4. The highest BCUT2D eigenvalue weighted by atomic mass is 32.1. The average Bonchev–Trinajstić information content (AvgIpc) is 2.73. The van der Waals surface area contributed by atoms with Crippen molar-refractivity contribution in [3.8, 4) is 0 Å². The van der Waals surface area contributed by atoms with Crippen LogP contribution in [0.5, 0.6) is 0 Å². The van der Waals surface area contributed by atoms with Crippen LogP contribution >= 0.6 is 12.2 Å². The number of hydrogen-bond donors (Lipinski definition) is 1. The third-order valence-corrected chi connectivity index (χ3v) is 2.39. The molecule has 0 fully saturated rings. The molecule has 0 saturated heterocycles. The van der Waals surface area contributed by atoms with Crippen LogP contribution < -0.4 is 0 Å². The van der Waals surface area contributed by atoms with Gasteiger partial charge in [-0.15, -0.1) is 0 Å². The minimum atomic E-state index is 0.581. The molecule has 0 amide bonds. The fourth-order valence-corrected chi connectivity index (χ4v) is 1.58. The molecule has 80 valence electrons. The van der Waals surface area contributed by atoms with Crippen LogP contribution in [-0.4, -0.2) is 24.9 Å². The van der Waals surface area contributed by atoms with Crippen LogP contribution in [-0.2, 0) is 13.0 Å². The molecule has 0 aliphatic rings. The molecule has 0 atom stereocenters. The smallest absolute Gasteiger partial charge is 0.223 e. The van der Waals surface area contributed by atoms with Gasteiger partial charge in [0, 0.05) is 19.9 Å². The van der Waals surface area contributed by atoms with Crippen molar-refractivity contribution in [1.29, 1.82) is 0 Å². The fourth-order valence-electron chi connectivity index (χ4n) is 1.31. The lowest BCUT2D eigenvalue weighted by atomic mass is 10.4. The molecule has 1 N–H and O–H groups in total. The summed E-state index contributed by atoms with van der Waals surface area (Å²) in [5.74, 6) is 2.13. The summed E-state index contributed by atoms with van der Waals surface area (Å²) in [7, 11) is 0. The Kier molecular flexibility index (Phi) is 2.63. The molecule has 2 heterocycles. The highest BCUT2D eigenvalue weighted by Gasteiger charge is 2.05. The maximum Gasteiger partial charge on any atom is 0.223 e. The summed E-state index contributed by atoms with van der Waals surface area (Å²) in [4.78, 5) is 4.11. The van der Waals surface area contributed by atoms with Gasteiger partial charge in [0.15, 0.2) is 10.6 Å². The van der Waals surface area contributed by atoms with Gasteiger partial charge in [-0.05, 0) is 19.1 Å². The Morgan fingerprint density at radius 2 is 2.27 bits per heavy atom. The monoisotopic (exact) mass is 225 g/mol. The summed E-state index contributed by atoms with van der Waals surface area (Å²) in [5, 5.41) is 10.6. The minimum absolute atomic E-state index is 0.581. The molecule has 0 radical (unpaired) electrons. The molecule has 7 heteroatoms. The Morgan fingerprint density at radius 3 is 2.80 bits per heavy atom. The van der Waals surface area contributed by atoms with E-state index in [1.54, 1.807) is 6.92 Å². The van der Waals surface area contributed by atoms with Gasteiger partial charge >= 0.3 is 0 Å². The molecule has 0 unspecified atom stereocenters. The summed E-state index contributed by atoms with van der Waals surface area (Å²) in [5.41, 5.74) is 0. The van der Waals surface area contributed by atoms with E-state index < -0.39 is 0 Å². The third kappa shape index (κ3) is 2.12. The number of aryl methyl sites for hydroxylation is 3. The first-order valence-corrected chi connectivity index (χ1v) is 4.98. The van der Waals surface area contributed by atoms with E-state index in [0.29, 0.717) is 29.5 Å². The van der Waals surface area contributed by atoms with E-state index in [2.05, 4.69) is 20.3 Å². The van der Waals surface area contributed by atoms with Gasteiger partial charge < -0.3 is 9.09 Å². The van der Waals surface area contributed by atoms with E-state index in [4.69, 9.17) is 16.7 Å². The van der Waals surface area contributed by atoms with Gasteiger partial charge in [0.05, 0.1) is 0 Å². The molecule has 0 saturated carbocycles. The van der Waals surface area contributed by atoms with Gasteiger partial charge in [-0.25, -0.2) is 0 Å². The second-order valence-electron chi connectivity index (χ2n) is 3.21. The number of aromatic amines is 1. The summed E-state index contributed by atoms with van der Waals surface area (Å²) in [6.07, 6.45) is 0.687. The van der Waals surface area contributed by atoms with Crippen molar-refractivity contribution >= 4 is 12.2 Å². The lowest BCUT2D eigenvalue weighted by molar-refractivity contribution is 0.386. The Bertz CT molecular complexity index is 511. The second-order valence-corrected chi connectivity index (χ2v) is 3.59. The van der Waals surface area contributed by atoms with Crippen molar-refractivity contribution in [3.63, 3.8) is 0 Å². The molecular weight excluding hydrogens is 214 g/mol. The maximum absolute atomic E-state index is 5.07. The quantitative estimate of drug-likeness (QED) is 0.794. The van der Waals surface area contributed by atoms with Crippen LogP contribution in [0.15, 0.2) is 4.52 Å². The zero-order chi connectivity index (χ0) is 10.8. The lowest BCUT2D eigenvalue weighted by Gasteiger charge is -1.99. The SMILES string of the molecule is Cc1nc(CCn2c(C)n[nH]c2=S)no1. The number of H-pyrrole nitrogens is 1. The molecule has 0 spiro atoms. The molecule has 15 heavy (non-hydrogen) atoms. The lowest BCUT2D eigenvalue weighted by Crippen LogP contribution is -2.04. The van der Waals surface area contributed by atoms with E-state index in [1.807, 2.05) is 11.5 Å². The third-order valence-electron chi connectivity index (χ3n) is 2.08. The number of hydrogen-bond acceptors (Lipinski definition) is 5. The van der Waals surface area contributed by atoms with Crippen LogP contribution in [0.2, 0.25) is 0 Å². The summed E-state index contributed by atoms with van der Waals surface area (Å²) < 4.78 is 7.40. The maximum atomic E-state index is 5.07. The summed E-state index contributed by atoms with van der Waals surface area (Å²) in [6, 6.07) is 0. The van der Waals surface area contributed by atoms with Crippen molar-refractivity contribution in [1.82, 2.24) is 24.9 Å². The molecule has 0 aliphatic carbocycles. The van der Waals surface area contributed by atoms with Gasteiger partial charge in [-0.1, -0.05) is 5.16 Å². The van der Waals surface area contributed by atoms with Gasteiger partial charge in [-0.2, -0.15) is 10.1 Å². The summed E-state index contributed by atoms with van der Waals surface area (Å²) >= 11 is 5.07. The van der Waals surface area contributed by atoms with Crippen molar-refractivity contribution in [3.05, 3.63) is 22.3 Å². The van der Waals surface area contributed by atoms with Crippen molar-refractivity contribution in [2.24, 2.45) is 0 Å². The molecule has 2 aromatic heterocycles. The van der Waals surface area contributed by atoms with Crippen LogP contribution in [0.1, 0.15) is 17.5 Å². The van der Waals surface area contributed by atoms with E-state index in [-0.39, 0.29) is 0 Å². The van der Waals surface area contributed by atoms with Gasteiger partial charge in [0.2, 0.25) is 5.89 Å². The Morgan fingerprint density at radius 1 is 1.47 bits per heavy atom. The van der Waals surface area contributed by atoms with Crippen LogP contribution in [0, 0.1) is 18.6 Å². The fraction of sp³-hybridized carbons (Fsp3) is 0.500. The first kappa shape index (κ1) is 10.0. The molecule has 0 bridgehead atoms. The predicted octanol–water partition coefficient (Wildman–Crippen LogP) is 1.18. The normalized spacial score (nSPS) is 10.8. The number of rotatable bonds is 3. The van der Waals surface area contributed by atoms with E-state index in [0.717, 1.165) is 5.82 Å². The number of nitrogens with one attached hydrogen (secondary N) is 1. The van der Waals surface area contributed by atoms with Gasteiger partial charge in [0.1, 0.15) is 5.82 Å². The minimum Gasteiger partial charge on any atom is -0.340 e. The zero-order valence-electron chi connectivity index (χ0n) is 8.52. The van der Waals surface area contributed by atoms with Gasteiger partial charge in [0.25, 0.3) is 0 Å². The van der Waals surface area contributed by atoms with E-state index >= 15 is 0 Å².